The number of hydrogen-bond acceptors (Lipinski definition) is 4. The van der Waals surface area contributed by atoms with Crippen LogP contribution in [0.25, 0.3) is 0 Å². The Balaban J connectivity index is 3.46. The molecule has 0 fully saturated rings. The fourth-order valence-corrected chi connectivity index (χ4v) is 1.02. The quantitative estimate of drug-likeness (QED) is 0.528. The molecule has 4 nitrogen and oxygen atoms in total. The van der Waals surface area contributed by atoms with Gasteiger partial charge in [-0.25, -0.2) is 0 Å². The topological polar surface area (TPSA) is 24.9 Å². The number of nitrogens with zero attached hydrogens (tertiary/aromatic N) is 2. The van der Waals surface area contributed by atoms with Crippen LogP contribution < -0.4 is 0 Å². The van der Waals surface area contributed by atoms with E-state index in [-0.39, 0.29) is 7.12 Å². The highest BCUT2D eigenvalue weighted by atomic mass is 16.6. The molecule has 15 heavy (non-hydrogen) atoms. The molecule has 0 aliphatic heterocycles. The molecule has 0 saturated carbocycles. The van der Waals surface area contributed by atoms with Crippen molar-refractivity contribution in [1.82, 2.24) is 9.80 Å². The average Bonchev–Trinajstić information content (AvgIpc) is 2.14. The van der Waals surface area contributed by atoms with E-state index in [2.05, 4.69) is 16.7 Å². The monoisotopic (exact) mass is 216 g/mol. The smallest absolute Gasteiger partial charge is 0.410 e. The molecule has 0 atom stereocenters. The highest BCUT2D eigenvalue weighted by Crippen LogP contribution is 1.96. The molecule has 0 N–H and O–H groups in total. The van der Waals surface area contributed by atoms with Crippen LogP contribution >= 0.6 is 0 Å². The summed E-state index contributed by atoms with van der Waals surface area (Å²) in [5.74, 6) is 0. The Labute approximate surface area is 94.7 Å². The zero-order valence-electron chi connectivity index (χ0n) is 10.8. The fourth-order valence-electron chi connectivity index (χ4n) is 1.02. The second-order valence-corrected chi connectivity index (χ2v) is 4.19. The van der Waals surface area contributed by atoms with Crippen LogP contribution in [0.15, 0.2) is 0 Å². The minimum atomic E-state index is -0.0510. The van der Waals surface area contributed by atoms with E-state index in [4.69, 9.17) is 9.31 Å². The molecule has 0 aliphatic rings. The van der Waals surface area contributed by atoms with Gasteiger partial charge in [-0.05, 0) is 34.5 Å². The van der Waals surface area contributed by atoms with Crippen molar-refractivity contribution >= 4 is 7.12 Å². The second-order valence-electron chi connectivity index (χ2n) is 4.19. The predicted molar refractivity (Wildman–Crippen MR) is 65.2 cm³/mol. The van der Waals surface area contributed by atoms with E-state index in [9.17, 15) is 0 Å². The Morgan fingerprint density at radius 3 is 1.53 bits per heavy atom. The Morgan fingerprint density at radius 1 is 0.867 bits per heavy atom. The zero-order chi connectivity index (χ0) is 11.7. The summed E-state index contributed by atoms with van der Waals surface area (Å²) >= 11 is 0. The van der Waals surface area contributed by atoms with Crippen LogP contribution in [0.1, 0.15) is 6.92 Å². The minimum absolute atomic E-state index is 0.0510. The van der Waals surface area contributed by atoms with Crippen molar-refractivity contribution in [3.8, 4) is 0 Å². The standard InChI is InChI=1S/C10H25BN2O2/c1-6-11(14-9-7-12(2)3)15-10-8-13(4)5/h6-10H2,1-5H3. The van der Waals surface area contributed by atoms with Gasteiger partial charge in [-0.3, -0.25) is 0 Å². The molecule has 0 heterocycles. The minimum Gasteiger partial charge on any atom is -0.410 e. The zero-order valence-corrected chi connectivity index (χ0v) is 10.8. The predicted octanol–water partition coefficient (Wildman–Crippen LogP) is 0.651. The molecule has 0 rings (SSSR count). The molecule has 90 valence electrons. The van der Waals surface area contributed by atoms with Crippen molar-refractivity contribution in [3.05, 3.63) is 0 Å². The Kier molecular flexibility index (Phi) is 9.10. The maximum Gasteiger partial charge on any atom is 0.456 e. The third-order valence-electron chi connectivity index (χ3n) is 2.02. The van der Waals surface area contributed by atoms with Gasteiger partial charge < -0.3 is 19.1 Å². The second kappa shape index (κ2) is 9.15. The molecule has 0 aromatic heterocycles. The van der Waals surface area contributed by atoms with Gasteiger partial charge in [0.1, 0.15) is 0 Å². The summed E-state index contributed by atoms with van der Waals surface area (Å²) in [6.45, 7) is 5.41. The third-order valence-corrected chi connectivity index (χ3v) is 2.02. The van der Waals surface area contributed by atoms with Crippen LogP contribution in [-0.2, 0) is 9.31 Å². The van der Waals surface area contributed by atoms with Gasteiger partial charge in [0.15, 0.2) is 0 Å². The summed E-state index contributed by atoms with van der Waals surface area (Å²) in [4.78, 5) is 4.21. The van der Waals surface area contributed by atoms with Crippen molar-refractivity contribution in [2.75, 3.05) is 54.5 Å². The maximum absolute atomic E-state index is 5.60. The lowest BCUT2D eigenvalue weighted by molar-refractivity contribution is 0.169. The van der Waals surface area contributed by atoms with Gasteiger partial charge >= 0.3 is 7.12 Å². The number of hydrogen-bond donors (Lipinski definition) is 0. The van der Waals surface area contributed by atoms with Gasteiger partial charge in [0, 0.05) is 26.3 Å². The van der Waals surface area contributed by atoms with E-state index >= 15 is 0 Å². The van der Waals surface area contributed by atoms with E-state index < -0.39 is 0 Å². The van der Waals surface area contributed by atoms with Crippen molar-refractivity contribution in [3.63, 3.8) is 0 Å². The Bertz CT molecular complexity index is 131. The first-order chi connectivity index (χ1) is 7.06. The highest BCUT2D eigenvalue weighted by Gasteiger charge is 2.14. The van der Waals surface area contributed by atoms with Crippen LogP contribution in [0.2, 0.25) is 6.32 Å². The van der Waals surface area contributed by atoms with Crippen LogP contribution in [0.3, 0.4) is 0 Å². The Hall–Kier alpha value is -0.0951. The SMILES string of the molecule is CCB(OCCN(C)C)OCCN(C)C. The average molecular weight is 216 g/mol. The third kappa shape index (κ3) is 10.2. The van der Waals surface area contributed by atoms with E-state index in [0.29, 0.717) is 0 Å². The summed E-state index contributed by atoms with van der Waals surface area (Å²) in [6.07, 6.45) is 0.904. The van der Waals surface area contributed by atoms with Gasteiger partial charge in [0.05, 0.1) is 0 Å². The molecular formula is C10H25BN2O2. The fraction of sp³-hybridized carbons (Fsp3) is 1.00. The molecule has 0 unspecified atom stereocenters. The molecule has 0 aromatic carbocycles. The van der Waals surface area contributed by atoms with E-state index in [1.165, 1.54) is 0 Å². The summed E-state index contributed by atoms with van der Waals surface area (Å²) in [5, 5.41) is 0. The molecule has 0 aromatic rings. The first-order valence-electron chi connectivity index (χ1n) is 5.59. The van der Waals surface area contributed by atoms with Crippen molar-refractivity contribution in [1.29, 1.82) is 0 Å². The molecule has 0 saturated heterocycles. The van der Waals surface area contributed by atoms with Gasteiger partial charge in [0.25, 0.3) is 0 Å². The normalized spacial score (nSPS) is 11.4. The largest absolute Gasteiger partial charge is 0.456 e. The van der Waals surface area contributed by atoms with Gasteiger partial charge in [-0.1, -0.05) is 6.92 Å². The summed E-state index contributed by atoms with van der Waals surface area (Å²) in [6, 6.07) is 0. The Morgan fingerprint density at radius 2 is 1.27 bits per heavy atom. The van der Waals surface area contributed by atoms with Gasteiger partial charge in [-0.2, -0.15) is 0 Å². The van der Waals surface area contributed by atoms with E-state index in [1.807, 2.05) is 28.2 Å². The van der Waals surface area contributed by atoms with Crippen LogP contribution in [0.5, 0.6) is 0 Å². The summed E-state index contributed by atoms with van der Waals surface area (Å²) < 4.78 is 11.2. The summed E-state index contributed by atoms with van der Waals surface area (Å²) in [7, 11) is 8.10. The first-order valence-corrected chi connectivity index (χ1v) is 5.59. The molecule has 0 radical (unpaired) electrons. The van der Waals surface area contributed by atoms with E-state index in [1.54, 1.807) is 0 Å². The first kappa shape index (κ1) is 14.9. The molecule has 0 aliphatic carbocycles. The van der Waals surface area contributed by atoms with Crippen molar-refractivity contribution in [2.45, 2.75) is 13.2 Å². The molecule has 0 spiro atoms. The van der Waals surface area contributed by atoms with Gasteiger partial charge in [-0.15, -0.1) is 0 Å². The number of rotatable bonds is 9. The summed E-state index contributed by atoms with van der Waals surface area (Å²) in [5.41, 5.74) is 0. The van der Waals surface area contributed by atoms with Crippen molar-refractivity contribution < 1.29 is 9.31 Å². The van der Waals surface area contributed by atoms with Gasteiger partial charge in [0.2, 0.25) is 0 Å². The lowest BCUT2D eigenvalue weighted by Gasteiger charge is -2.16. The lowest BCUT2D eigenvalue weighted by Crippen LogP contribution is -2.29. The van der Waals surface area contributed by atoms with Crippen molar-refractivity contribution in [2.24, 2.45) is 0 Å². The molecule has 0 bridgehead atoms. The van der Waals surface area contributed by atoms with Crippen LogP contribution in [-0.4, -0.2) is 71.4 Å². The van der Waals surface area contributed by atoms with E-state index in [0.717, 1.165) is 32.6 Å². The molecule has 5 heteroatoms. The molecule has 0 amide bonds. The highest BCUT2D eigenvalue weighted by molar-refractivity contribution is 6.44. The number of likely N-dealkylation sites (N-methyl/N-ethyl adjacent to an activating group) is 2. The lowest BCUT2D eigenvalue weighted by atomic mass is 9.86. The maximum atomic E-state index is 5.60. The van der Waals surface area contributed by atoms with Crippen LogP contribution in [0.4, 0.5) is 0 Å². The van der Waals surface area contributed by atoms with Crippen LogP contribution in [0, 0.1) is 0 Å². The molecular weight excluding hydrogens is 191 g/mol.